The molecule has 9 heteroatoms. The van der Waals surface area contributed by atoms with Gasteiger partial charge in [-0.25, -0.2) is 12.8 Å². The van der Waals surface area contributed by atoms with Crippen molar-refractivity contribution in [3.05, 3.63) is 101 Å². The zero-order chi connectivity index (χ0) is 30.3. The van der Waals surface area contributed by atoms with Crippen LogP contribution >= 0.6 is 0 Å². The number of sulfonamides is 1. The van der Waals surface area contributed by atoms with Gasteiger partial charge >= 0.3 is 0 Å². The van der Waals surface area contributed by atoms with Crippen LogP contribution < -0.4 is 9.62 Å². The van der Waals surface area contributed by atoms with Crippen molar-refractivity contribution in [3.8, 4) is 0 Å². The molecular weight excluding hydrogens is 553 g/mol. The molecule has 1 aliphatic rings. The zero-order valence-electron chi connectivity index (χ0n) is 24.6. The van der Waals surface area contributed by atoms with Crippen LogP contribution in [0.15, 0.2) is 72.8 Å². The van der Waals surface area contributed by atoms with E-state index in [9.17, 15) is 22.4 Å². The summed E-state index contributed by atoms with van der Waals surface area (Å²) in [6, 6.07) is 19.8. The molecule has 0 unspecified atom stereocenters. The van der Waals surface area contributed by atoms with E-state index in [0.717, 1.165) is 48.2 Å². The Morgan fingerprint density at radius 2 is 1.50 bits per heavy atom. The van der Waals surface area contributed by atoms with Crippen molar-refractivity contribution in [3.63, 3.8) is 0 Å². The summed E-state index contributed by atoms with van der Waals surface area (Å²) in [6.45, 7) is 3.14. The van der Waals surface area contributed by atoms with Crippen LogP contribution in [0.4, 0.5) is 10.1 Å². The number of halogens is 1. The number of carbonyl (C=O) groups is 2. The molecule has 0 radical (unpaired) electrons. The van der Waals surface area contributed by atoms with Gasteiger partial charge < -0.3 is 10.2 Å². The number of para-hydroxylation sites is 1. The summed E-state index contributed by atoms with van der Waals surface area (Å²) in [5, 5.41) is 3.18. The summed E-state index contributed by atoms with van der Waals surface area (Å²) in [6.07, 6.45) is 6.28. The molecule has 1 atom stereocenters. The lowest BCUT2D eigenvalue weighted by molar-refractivity contribution is -0.140. The Kier molecular flexibility index (Phi) is 10.4. The highest BCUT2D eigenvalue weighted by atomic mass is 32.2. The quantitative estimate of drug-likeness (QED) is 0.327. The van der Waals surface area contributed by atoms with E-state index in [-0.39, 0.29) is 24.9 Å². The fraction of sp³-hybridized carbons (Fsp3) is 0.394. The van der Waals surface area contributed by atoms with E-state index in [0.29, 0.717) is 22.4 Å². The van der Waals surface area contributed by atoms with Gasteiger partial charge in [0.05, 0.1) is 11.9 Å². The first kappa shape index (κ1) is 31.2. The van der Waals surface area contributed by atoms with Gasteiger partial charge in [-0.1, -0.05) is 79.9 Å². The molecule has 2 amide bonds. The normalized spacial score (nSPS) is 14.7. The standard InChI is InChI=1S/C33H40FN3O4S/c1-24-11-10-12-25(2)32(24)37(42(3,40)41)23-31(38)36(22-27-17-19-28(34)20-18-27)30(21-26-13-6-4-7-14-26)33(39)35-29-15-8-5-9-16-29/h4,6-7,10-14,17-20,29-30H,5,8-9,15-16,21-23H2,1-3H3,(H,35,39)/t30-/m1/s1. The lowest BCUT2D eigenvalue weighted by atomic mass is 9.94. The van der Waals surface area contributed by atoms with E-state index in [1.807, 2.05) is 36.4 Å². The minimum atomic E-state index is -3.86. The number of amides is 2. The average Bonchev–Trinajstić information content (AvgIpc) is 2.95. The second kappa shape index (κ2) is 14.0. The lowest BCUT2D eigenvalue weighted by Gasteiger charge is -2.35. The number of hydrogen-bond acceptors (Lipinski definition) is 4. The minimum absolute atomic E-state index is 0.0130. The first-order valence-corrected chi connectivity index (χ1v) is 16.3. The van der Waals surface area contributed by atoms with Crippen LogP contribution in [-0.2, 0) is 32.6 Å². The number of nitrogens with one attached hydrogen (secondary N) is 1. The third-order valence-electron chi connectivity index (χ3n) is 7.86. The second-order valence-electron chi connectivity index (χ2n) is 11.2. The molecule has 42 heavy (non-hydrogen) atoms. The molecule has 0 saturated heterocycles. The average molecular weight is 594 g/mol. The molecule has 1 N–H and O–H groups in total. The SMILES string of the molecule is Cc1cccc(C)c1N(CC(=O)N(Cc1ccc(F)cc1)[C@H](Cc1ccccc1)C(=O)NC1CCCCC1)S(C)(=O)=O. The Balaban J connectivity index is 1.74. The highest BCUT2D eigenvalue weighted by molar-refractivity contribution is 7.92. The van der Waals surface area contributed by atoms with Gasteiger partial charge in [0.15, 0.2) is 0 Å². The molecule has 0 spiro atoms. The van der Waals surface area contributed by atoms with Gasteiger partial charge in [0, 0.05) is 19.0 Å². The van der Waals surface area contributed by atoms with Gasteiger partial charge in [-0.15, -0.1) is 0 Å². The molecule has 0 aromatic heterocycles. The van der Waals surface area contributed by atoms with Crippen LogP contribution in [0.1, 0.15) is 54.4 Å². The van der Waals surface area contributed by atoms with Crippen LogP contribution in [-0.4, -0.2) is 50.0 Å². The van der Waals surface area contributed by atoms with Crippen molar-refractivity contribution in [2.75, 3.05) is 17.1 Å². The predicted molar refractivity (Wildman–Crippen MR) is 164 cm³/mol. The molecule has 4 rings (SSSR count). The summed E-state index contributed by atoms with van der Waals surface area (Å²) in [4.78, 5) is 29.7. The van der Waals surface area contributed by atoms with Gasteiger partial charge in [0.2, 0.25) is 21.8 Å². The van der Waals surface area contributed by atoms with Gasteiger partial charge in [-0.3, -0.25) is 13.9 Å². The first-order chi connectivity index (χ1) is 20.0. The Labute approximate surface area is 248 Å². The first-order valence-electron chi connectivity index (χ1n) is 14.4. The number of benzene rings is 3. The van der Waals surface area contributed by atoms with Crippen molar-refractivity contribution in [2.24, 2.45) is 0 Å². The van der Waals surface area contributed by atoms with Crippen LogP contribution in [0, 0.1) is 19.7 Å². The summed E-state index contributed by atoms with van der Waals surface area (Å²) >= 11 is 0. The second-order valence-corrected chi connectivity index (χ2v) is 13.1. The zero-order valence-corrected chi connectivity index (χ0v) is 25.4. The Morgan fingerprint density at radius 3 is 2.10 bits per heavy atom. The number of carbonyl (C=O) groups excluding carboxylic acids is 2. The molecular formula is C33H40FN3O4S. The highest BCUT2D eigenvalue weighted by Gasteiger charge is 2.34. The van der Waals surface area contributed by atoms with Crippen molar-refractivity contribution in [2.45, 2.75) is 71.0 Å². The van der Waals surface area contributed by atoms with Crippen molar-refractivity contribution < 1.29 is 22.4 Å². The maximum absolute atomic E-state index is 14.3. The summed E-state index contributed by atoms with van der Waals surface area (Å²) in [5.74, 6) is -1.21. The van der Waals surface area contributed by atoms with E-state index >= 15 is 0 Å². The Bertz CT molecular complexity index is 1450. The topological polar surface area (TPSA) is 86.8 Å². The molecule has 3 aromatic carbocycles. The number of rotatable bonds is 11. The Hall–Kier alpha value is -3.72. The highest BCUT2D eigenvalue weighted by Crippen LogP contribution is 2.27. The van der Waals surface area contributed by atoms with Crippen LogP contribution in [0.5, 0.6) is 0 Å². The molecule has 0 aliphatic heterocycles. The molecule has 0 heterocycles. The minimum Gasteiger partial charge on any atom is -0.352 e. The molecule has 7 nitrogen and oxygen atoms in total. The van der Waals surface area contributed by atoms with E-state index < -0.39 is 34.3 Å². The smallest absolute Gasteiger partial charge is 0.244 e. The number of hydrogen-bond donors (Lipinski definition) is 1. The molecule has 0 bridgehead atoms. The number of nitrogens with zero attached hydrogens (tertiary/aromatic N) is 2. The van der Waals surface area contributed by atoms with Gasteiger partial charge in [0.1, 0.15) is 18.4 Å². The maximum atomic E-state index is 14.3. The lowest BCUT2D eigenvalue weighted by Crippen LogP contribution is -2.55. The van der Waals surface area contributed by atoms with Crippen LogP contribution in [0.25, 0.3) is 0 Å². The maximum Gasteiger partial charge on any atom is 0.244 e. The predicted octanol–water partition coefficient (Wildman–Crippen LogP) is 5.30. The largest absolute Gasteiger partial charge is 0.352 e. The van der Waals surface area contributed by atoms with Crippen molar-refractivity contribution in [1.29, 1.82) is 0 Å². The van der Waals surface area contributed by atoms with E-state index in [4.69, 9.17) is 0 Å². The van der Waals surface area contributed by atoms with Gasteiger partial charge in [-0.05, 0) is 61.1 Å². The van der Waals surface area contributed by atoms with E-state index in [1.165, 1.54) is 17.0 Å². The van der Waals surface area contributed by atoms with E-state index in [1.54, 1.807) is 38.1 Å². The van der Waals surface area contributed by atoms with E-state index in [2.05, 4.69) is 5.32 Å². The molecule has 224 valence electrons. The number of anilines is 1. The van der Waals surface area contributed by atoms with Gasteiger partial charge in [0.25, 0.3) is 0 Å². The van der Waals surface area contributed by atoms with Crippen molar-refractivity contribution in [1.82, 2.24) is 10.2 Å². The summed E-state index contributed by atoms with van der Waals surface area (Å²) in [5.41, 5.74) is 3.38. The van der Waals surface area contributed by atoms with Crippen molar-refractivity contribution >= 4 is 27.5 Å². The fourth-order valence-corrected chi connectivity index (χ4v) is 6.62. The molecule has 1 aliphatic carbocycles. The summed E-state index contributed by atoms with van der Waals surface area (Å²) in [7, 11) is -3.86. The third-order valence-corrected chi connectivity index (χ3v) is 8.97. The van der Waals surface area contributed by atoms with Crippen LogP contribution in [0.2, 0.25) is 0 Å². The third kappa shape index (κ3) is 8.18. The Morgan fingerprint density at radius 1 is 0.881 bits per heavy atom. The van der Waals surface area contributed by atoms with Gasteiger partial charge in [-0.2, -0.15) is 0 Å². The molecule has 1 fully saturated rings. The molecule has 1 saturated carbocycles. The molecule has 3 aromatic rings. The monoisotopic (exact) mass is 593 g/mol. The number of aryl methyl sites for hydroxylation is 2. The fourth-order valence-electron chi connectivity index (χ4n) is 5.66. The summed E-state index contributed by atoms with van der Waals surface area (Å²) < 4.78 is 41.1. The van der Waals surface area contributed by atoms with Crippen LogP contribution in [0.3, 0.4) is 0 Å².